The Morgan fingerprint density at radius 1 is 0.720 bits per heavy atom. The number of nitrogens with one attached hydrogen (secondary N) is 2. The van der Waals surface area contributed by atoms with Crippen LogP contribution in [-0.2, 0) is 36.9 Å². The second-order valence-corrected chi connectivity index (χ2v) is 13.7. The maximum atomic E-state index is 13.4. The summed E-state index contributed by atoms with van der Waals surface area (Å²) in [6.07, 6.45) is 6.93. The maximum absolute atomic E-state index is 13.4. The third-order valence-electron chi connectivity index (χ3n) is 10.3. The molecule has 3 aliphatic heterocycles. The van der Waals surface area contributed by atoms with Gasteiger partial charge in [0.2, 0.25) is 11.8 Å². The highest BCUT2D eigenvalue weighted by molar-refractivity contribution is 6.25. The van der Waals surface area contributed by atoms with E-state index in [1.54, 1.807) is 18.2 Å². The Hall–Kier alpha value is -3.68. The first kappa shape index (κ1) is 36.1. The van der Waals surface area contributed by atoms with E-state index >= 15 is 0 Å². The Bertz CT molecular complexity index is 1470. The number of carbonyl (C=O) groups is 4. The lowest BCUT2D eigenvalue weighted by Crippen LogP contribution is -2.54. The molecule has 0 spiro atoms. The van der Waals surface area contributed by atoms with Gasteiger partial charge in [0, 0.05) is 64.5 Å². The third kappa shape index (κ3) is 9.55. The van der Waals surface area contributed by atoms with Crippen molar-refractivity contribution in [1.29, 1.82) is 0 Å². The van der Waals surface area contributed by atoms with Crippen molar-refractivity contribution in [2.75, 3.05) is 77.7 Å². The first-order chi connectivity index (χ1) is 24.5. The molecule has 1 saturated carbocycles. The standard InChI is InChI=1S/C38H51N5O7/c44-34-13-12-33(36(45)40-34)43-37(46)31-6-3-7-32(35(31)38(43)47)39-26-29-8-10-30(11-9-29)27-42-17-15-41(16-18-42)19-21-49-23-25-50-24-22-48-20-14-28-4-1-2-5-28/h3,6-11,28,33,39H,1-2,4-5,12-27H2,(H,40,44,45). The molecule has 3 fully saturated rings. The fraction of sp³-hybridized carbons (Fsp3) is 0.579. The number of anilines is 1. The molecule has 12 heteroatoms. The highest BCUT2D eigenvalue weighted by Gasteiger charge is 2.45. The minimum absolute atomic E-state index is 0.0878. The molecular formula is C38H51N5O7. The van der Waals surface area contributed by atoms with Crippen LogP contribution in [0.4, 0.5) is 5.69 Å². The molecule has 3 heterocycles. The summed E-state index contributed by atoms with van der Waals surface area (Å²) in [4.78, 5) is 56.4. The van der Waals surface area contributed by atoms with Crippen LogP contribution in [0.25, 0.3) is 0 Å². The number of fused-ring (bicyclic) bond motifs is 1. The number of ether oxygens (including phenoxy) is 3. The van der Waals surface area contributed by atoms with E-state index in [1.807, 2.05) is 0 Å². The first-order valence-corrected chi connectivity index (χ1v) is 18.3. The molecule has 2 N–H and O–H groups in total. The quantitative estimate of drug-likeness (QED) is 0.177. The van der Waals surface area contributed by atoms with Gasteiger partial charge in [0.1, 0.15) is 6.04 Å². The van der Waals surface area contributed by atoms with Crippen LogP contribution >= 0.6 is 0 Å². The number of carbonyl (C=O) groups excluding carboxylic acids is 4. The van der Waals surface area contributed by atoms with Crippen LogP contribution < -0.4 is 10.6 Å². The SMILES string of the molecule is O=C1CCC(N2C(=O)c3cccc(NCc4ccc(CN5CCN(CCOCCOCCOCCC6CCCC6)CC5)cc4)c3C2=O)C(=O)N1. The van der Waals surface area contributed by atoms with Gasteiger partial charge in [-0.3, -0.25) is 39.2 Å². The minimum Gasteiger partial charge on any atom is -0.380 e. The minimum atomic E-state index is -0.987. The van der Waals surface area contributed by atoms with Gasteiger partial charge >= 0.3 is 0 Å². The van der Waals surface area contributed by atoms with E-state index in [4.69, 9.17) is 14.2 Å². The van der Waals surface area contributed by atoms with Gasteiger partial charge in [-0.2, -0.15) is 0 Å². The Balaban J connectivity index is 0.846. The average molecular weight is 690 g/mol. The molecule has 12 nitrogen and oxygen atoms in total. The lowest BCUT2D eigenvalue weighted by atomic mass is 10.0. The molecule has 6 rings (SSSR count). The number of imide groups is 2. The van der Waals surface area contributed by atoms with Crippen molar-refractivity contribution in [2.45, 2.75) is 64.1 Å². The number of amides is 4. The molecule has 0 bridgehead atoms. The van der Waals surface area contributed by atoms with Gasteiger partial charge in [-0.1, -0.05) is 56.0 Å². The molecule has 50 heavy (non-hydrogen) atoms. The molecule has 2 aromatic rings. The summed E-state index contributed by atoms with van der Waals surface area (Å²) in [5, 5.41) is 5.55. The van der Waals surface area contributed by atoms with Crippen molar-refractivity contribution < 1.29 is 33.4 Å². The monoisotopic (exact) mass is 689 g/mol. The zero-order chi connectivity index (χ0) is 34.7. The number of piperazine rings is 1. The van der Waals surface area contributed by atoms with Crippen molar-refractivity contribution in [2.24, 2.45) is 5.92 Å². The van der Waals surface area contributed by atoms with E-state index in [-0.39, 0.29) is 24.0 Å². The Morgan fingerprint density at radius 3 is 2.10 bits per heavy atom. The predicted octanol–water partition coefficient (Wildman–Crippen LogP) is 3.45. The van der Waals surface area contributed by atoms with Crippen LogP contribution in [-0.4, -0.2) is 117 Å². The lowest BCUT2D eigenvalue weighted by molar-refractivity contribution is -0.136. The Kier molecular flexibility index (Phi) is 13.0. The second-order valence-electron chi connectivity index (χ2n) is 13.7. The smallest absolute Gasteiger partial charge is 0.264 e. The summed E-state index contributed by atoms with van der Waals surface area (Å²) in [6, 6.07) is 12.5. The molecule has 1 atom stereocenters. The molecule has 0 aromatic heterocycles. The first-order valence-electron chi connectivity index (χ1n) is 18.3. The maximum Gasteiger partial charge on any atom is 0.264 e. The number of hydrogen-bond donors (Lipinski definition) is 2. The number of nitrogens with zero attached hydrogens (tertiary/aromatic N) is 3. The fourth-order valence-corrected chi connectivity index (χ4v) is 7.34. The van der Waals surface area contributed by atoms with E-state index in [2.05, 4.69) is 44.7 Å². The largest absolute Gasteiger partial charge is 0.380 e. The molecule has 2 aromatic carbocycles. The van der Waals surface area contributed by atoms with Gasteiger partial charge in [-0.05, 0) is 42.0 Å². The zero-order valence-electron chi connectivity index (χ0n) is 29.0. The van der Waals surface area contributed by atoms with E-state index in [1.165, 1.54) is 37.7 Å². The lowest BCUT2D eigenvalue weighted by Gasteiger charge is -2.34. The van der Waals surface area contributed by atoms with Crippen molar-refractivity contribution >= 4 is 29.3 Å². The summed E-state index contributed by atoms with van der Waals surface area (Å²) in [5.41, 5.74) is 3.36. The highest BCUT2D eigenvalue weighted by atomic mass is 16.5. The second kappa shape index (κ2) is 18.0. The van der Waals surface area contributed by atoms with E-state index in [9.17, 15) is 19.2 Å². The van der Waals surface area contributed by atoms with Crippen molar-refractivity contribution in [3.05, 3.63) is 64.7 Å². The van der Waals surface area contributed by atoms with Crippen LogP contribution in [0.5, 0.6) is 0 Å². The number of rotatable bonds is 18. The van der Waals surface area contributed by atoms with Gasteiger partial charge in [-0.15, -0.1) is 0 Å². The Labute approximate surface area is 294 Å². The van der Waals surface area contributed by atoms with E-state index in [0.717, 1.165) is 62.3 Å². The summed E-state index contributed by atoms with van der Waals surface area (Å²) in [6.45, 7) is 10.4. The topological polar surface area (TPSA) is 130 Å². The molecule has 270 valence electrons. The summed E-state index contributed by atoms with van der Waals surface area (Å²) < 4.78 is 17.1. The molecule has 1 aliphatic carbocycles. The number of hydrogen-bond acceptors (Lipinski definition) is 10. The van der Waals surface area contributed by atoms with Crippen molar-refractivity contribution in [3.63, 3.8) is 0 Å². The van der Waals surface area contributed by atoms with Crippen LogP contribution in [0, 0.1) is 5.92 Å². The van der Waals surface area contributed by atoms with Crippen molar-refractivity contribution in [1.82, 2.24) is 20.0 Å². The summed E-state index contributed by atoms with van der Waals surface area (Å²) in [7, 11) is 0. The average Bonchev–Trinajstić information content (AvgIpc) is 3.74. The zero-order valence-corrected chi connectivity index (χ0v) is 29.0. The van der Waals surface area contributed by atoms with Gasteiger partial charge in [0.05, 0.1) is 44.2 Å². The predicted molar refractivity (Wildman–Crippen MR) is 188 cm³/mol. The van der Waals surface area contributed by atoms with E-state index < -0.39 is 29.7 Å². The summed E-state index contributed by atoms with van der Waals surface area (Å²) >= 11 is 0. The third-order valence-corrected chi connectivity index (χ3v) is 10.3. The Morgan fingerprint density at radius 2 is 1.38 bits per heavy atom. The fourth-order valence-electron chi connectivity index (χ4n) is 7.34. The summed E-state index contributed by atoms with van der Waals surface area (Å²) in [5.74, 6) is -1.16. The van der Waals surface area contributed by atoms with Crippen LogP contribution in [0.2, 0.25) is 0 Å². The molecule has 0 radical (unpaired) electrons. The van der Waals surface area contributed by atoms with Gasteiger partial charge in [0.25, 0.3) is 11.8 Å². The van der Waals surface area contributed by atoms with Crippen LogP contribution in [0.15, 0.2) is 42.5 Å². The van der Waals surface area contributed by atoms with Gasteiger partial charge in [0.15, 0.2) is 0 Å². The van der Waals surface area contributed by atoms with Crippen LogP contribution in [0.1, 0.15) is 76.8 Å². The number of piperidine rings is 1. The number of benzene rings is 2. The van der Waals surface area contributed by atoms with Gasteiger partial charge < -0.3 is 19.5 Å². The van der Waals surface area contributed by atoms with Gasteiger partial charge in [-0.25, -0.2) is 0 Å². The molecule has 4 amide bonds. The molecule has 4 aliphatic rings. The van der Waals surface area contributed by atoms with E-state index in [0.29, 0.717) is 45.3 Å². The molecule has 1 unspecified atom stereocenters. The molecule has 2 saturated heterocycles. The molecular weight excluding hydrogens is 638 g/mol. The highest BCUT2D eigenvalue weighted by Crippen LogP contribution is 2.32. The van der Waals surface area contributed by atoms with Crippen molar-refractivity contribution in [3.8, 4) is 0 Å². The van der Waals surface area contributed by atoms with Crippen LogP contribution in [0.3, 0.4) is 0 Å². The normalized spacial score (nSPS) is 20.5.